The molecule has 0 spiro atoms. The standard InChI is InChI=1S/C16H22BFO2S/c1-14(2)15(3,4)20-17(19-14)13(18)9-11-10-16(11,5)12-7-6-8-21-12/h6-9,11H,10H2,1-5H3. The highest BCUT2D eigenvalue weighted by Crippen LogP contribution is 2.56. The first kappa shape index (κ1) is 15.3. The third-order valence-corrected chi connectivity index (χ3v) is 6.37. The molecule has 2 unspecified atom stereocenters. The number of hydrogen-bond donors (Lipinski definition) is 0. The fourth-order valence-corrected chi connectivity index (χ4v) is 3.72. The van der Waals surface area contributed by atoms with Crippen molar-refractivity contribution in [2.45, 2.75) is 57.7 Å². The van der Waals surface area contributed by atoms with Crippen LogP contribution in [0.25, 0.3) is 0 Å². The summed E-state index contributed by atoms with van der Waals surface area (Å²) >= 11 is 1.74. The smallest absolute Gasteiger partial charge is 0.398 e. The van der Waals surface area contributed by atoms with E-state index in [9.17, 15) is 4.39 Å². The highest BCUT2D eigenvalue weighted by molar-refractivity contribution is 7.10. The predicted octanol–water partition coefficient (Wildman–Crippen LogP) is 4.51. The van der Waals surface area contributed by atoms with Crippen LogP contribution in [0, 0.1) is 5.92 Å². The van der Waals surface area contributed by atoms with Crippen LogP contribution in [0.2, 0.25) is 0 Å². The molecule has 2 aliphatic rings. The van der Waals surface area contributed by atoms with Crippen molar-refractivity contribution in [2.24, 2.45) is 5.92 Å². The minimum Gasteiger partial charge on any atom is -0.398 e. The largest absolute Gasteiger partial charge is 0.524 e. The van der Waals surface area contributed by atoms with E-state index in [1.165, 1.54) is 4.88 Å². The number of allylic oxidation sites excluding steroid dienone is 1. The monoisotopic (exact) mass is 308 g/mol. The summed E-state index contributed by atoms with van der Waals surface area (Å²) < 4.78 is 26.0. The minimum atomic E-state index is -0.872. The summed E-state index contributed by atoms with van der Waals surface area (Å²) in [5.74, 6) is 0.232. The molecular weight excluding hydrogens is 286 g/mol. The van der Waals surface area contributed by atoms with Gasteiger partial charge < -0.3 is 9.31 Å². The number of thiophene rings is 1. The SMILES string of the molecule is CC1(c2cccs2)CC1C=C(F)B1OC(C)(C)C(C)(C)O1. The molecule has 0 N–H and O–H groups in total. The summed E-state index contributed by atoms with van der Waals surface area (Å²) in [5.41, 5.74) is -1.21. The molecule has 2 heterocycles. The van der Waals surface area contributed by atoms with Crippen molar-refractivity contribution in [3.05, 3.63) is 34.2 Å². The van der Waals surface area contributed by atoms with Crippen molar-refractivity contribution in [1.82, 2.24) is 0 Å². The fraction of sp³-hybridized carbons (Fsp3) is 0.625. The molecule has 0 aromatic carbocycles. The van der Waals surface area contributed by atoms with Crippen LogP contribution < -0.4 is 0 Å². The van der Waals surface area contributed by atoms with Crippen LogP contribution in [0.4, 0.5) is 4.39 Å². The van der Waals surface area contributed by atoms with Gasteiger partial charge in [0.2, 0.25) is 0 Å². The van der Waals surface area contributed by atoms with Gasteiger partial charge in [0.1, 0.15) is 5.73 Å². The molecule has 2 fully saturated rings. The average molecular weight is 308 g/mol. The molecular formula is C16H22BFO2S. The lowest BCUT2D eigenvalue weighted by atomic mass is 9.86. The Hall–Kier alpha value is -0.645. The second-order valence-electron chi connectivity index (χ2n) is 7.35. The quantitative estimate of drug-likeness (QED) is 0.765. The topological polar surface area (TPSA) is 18.5 Å². The minimum absolute atomic E-state index is 0.0785. The molecule has 3 rings (SSSR count). The Kier molecular flexibility index (Phi) is 3.40. The number of hydrogen-bond acceptors (Lipinski definition) is 3. The summed E-state index contributed by atoms with van der Waals surface area (Å²) in [4.78, 5) is 1.32. The van der Waals surface area contributed by atoms with Gasteiger partial charge in [-0.25, -0.2) is 4.39 Å². The van der Waals surface area contributed by atoms with Gasteiger partial charge in [-0.1, -0.05) is 19.1 Å². The fourth-order valence-electron chi connectivity index (χ4n) is 2.75. The Morgan fingerprint density at radius 2 is 1.90 bits per heavy atom. The maximum Gasteiger partial charge on any atom is 0.524 e. The van der Waals surface area contributed by atoms with Gasteiger partial charge in [0, 0.05) is 10.3 Å². The molecule has 1 saturated carbocycles. The first-order chi connectivity index (χ1) is 9.66. The van der Waals surface area contributed by atoms with Gasteiger partial charge in [-0.05, 0) is 51.5 Å². The Morgan fingerprint density at radius 3 is 2.43 bits per heavy atom. The van der Waals surface area contributed by atoms with Crippen LogP contribution in [0.1, 0.15) is 45.9 Å². The van der Waals surface area contributed by atoms with Crippen LogP contribution in [0.5, 0.6) is 0 Å². The van der Waals surface area contributed by atoms with Gasteiger partial charge in [-0.3, -0.25) is 0 Å². The van der Waals surface area contributed by atoms with Gasteiger partial charge in [0.15, 0.2) is 0 Å². The number of halogens is 1. The van der Waals surface area contributed by atoms with Crippen LogP contribution in [-0.2, 0) is 14.7 Å². The summed E-state index contributed by atoms with van der Waals surface area (Å²) in [6, 6.07) is 4.18. The summed E-state index contributed by atoms with van der Waals surface area (Å²) in [5, 5.41) is 2.07. The predicted molar refractivity (Wildman–Crippen MR) is 85.1 cm³/mol. The first-order valence-electron chi connectivity index (χ1n) is 7.42. The van der Waals surface area contributed by atoms with Crippen molar-refractivity contribution in [1.29, 1.82) is 0 Å². The van der Waals surface area contributed by atoms with Gasteiger partial charge >= 0.3 is 7.12 Å². The molecule has 1 saturated heterocycles. The molecule has 5 heteroatoms. The Balaban J connectivity index is 1.72. The normalized spacial score (nSPS) is 34.3. The maximum absolute atomic E-state index is 14.5. The van der Waals surface area contributed by atoms with E-state index in [4.69, 9.17) is 9.31 Å². The van der Waals surface area contributed by atoms with E-state index < -0.39 is 18.3 Å². The van der Waals surface area contributed by atoms with E-state index in [2.05, 4.69) is 24.4 Å². The third kappa shape index (κ3) is 2.49. The molecule has 1 aromatic heterocycles. The van der Waals surface area contributed by atoms with Gasteiger partial charge in [-0.2, -0.15) is 0 Å². The maximum atomic E-state index is 14.5. The van der Waals surface area contributed by atoms with E-state index in [-0.39, 0.29) is 17.1 Å². The van der Waals surface area contributed by atoms with Crippen molar-refractivity contribution >= 4 is 18.5 Å². The zero-order chi connectivity index (χ0) is 15.5. The lowest BCUT2D eigenvalue weighted by Gasteiger charge is -2.32. The van der Waals surface area contributed by atoms with Crippen LogP contribution in [0.3, 0.4) is 0 Å². The molecule has 114 valence electrons. The first-order valence-corrected chi connectivity index (χ1v) is 8.30. The number of rotatable bonds is 3. The lowest BCUT2D eigenvalue weighted by Crippen LogP contribution is -2.41. The van der Waals surface area contributed by atoms with Crippen molar-refractivity contribution in [3.63, 3.8) is 0 Å². The van der Waals surface area contributed by atoms with Crippen molar-refractivity contribution in [2.75, 3.05) is 0 Å². The molecule has 21 heavy (non-hydrogen) atoms. The second kappa shape index (κ2) is 4.67. The van der Waals surface area contributed by atoms with E-state index in [0.717, 1.165) is 6.42 Å². The summed E-state index contributed by atoms with van der Waals surface area (Å²) in [7, 11) is -0.872. The Morgan fingerprint density at radius 1 is 1.29 bits per heavy atom. The zero-order valence-corrected chi connectivity index (χ0v) is 14.1. The molecule has 2 atom stereocenters. The van der Waals surface area contributed by atoms with Crippen LogP contribution >= 0.6 is 11.3 Å². The van der Waals surface area contributed by atoms with E-state index in [1.54, 1.807) is 17.4 Å². The Bertz CT molecular complexity index is 551. The second-order valence-corrected chi connectivity index (χ2v) is 8.29. The highest BCUT2D eigenvalue weighted by atomic mass is 32.1. The van der Waals surface area contributed by atoms with Crippen LogP contribution in [0.15, 0.2) is 29.3 Å². The van der Waals surface area contributed by atoms with Gasteiger partial charge in [0.25, 0.3) is 0 Å². The van der Waals surface area contributed by atoms with Crippen molar-refractivity contribution < 1.29 is 13.7 Å². The molecule has 0 amide bonds. The molecule has 2 nitrogen and oxygen atoms in total. The van der Waals surface area contributed by atoms with Gasteiger partial charge in [-0.15, -0.1) is 11.3 Å². The molecule has 1 aromatic rings. The molecule has 1 aliphatic carbocycles. The average Bonchev–Trinajstić information content (AvgIpc) is 2.79. The van der Waals surface area contributed by atoms with Gasteiger partial charge in [0.05, 0.1) is 11.2 Å². The summed E-state index contributed by atoms with van der Waals surface area (Å²) in [6.45, 7) is 9.94. The third-order valence-electron chi connectivity index (χ3n) is 5.23. The van der Waals surface area contributed by atoms with E-state index >= 15 is 0 Å². The van der Waals surface area contributed by atoms with E-state index in [0.29, 0.717) is 0 Å². The molecule has 0 bridgehead atoms. The van der Waals surface area contributed by atoms with Crippen LogP contribution in [-0.4, -0.2) is 18.3 Å². The lowest BCUT2D eigenvalue weighted by molar-refractivity contribution is 0.00578. The zero-order valence-electron chi connectivity index (χ0n) is 13.3. The van der Waals surface area contributed by atoms with E-state index in [1.807, 2.05) is 27.7 Å². The summed E-state index contributed by atoms with van der Waals surface area (Å²) in [6.07, 6.45) is 2.68. The Labute approximate surface area is 130 Å². The van der Waals surface area contributed by atoms with Crippen molar-refractivity contribution in [3.8, 4) is 0 Å². The molecule has 0 radical (unpaired) electrons. The molecule has 1 aliphatic heterocycles. The highest BCUT2D eigenvalue weighted by Gasteiger charge is 2.55.